The molecule has 0 fully saturated rings. The van der Waals surface area contributed by atoms with Gasteiger partial charge in [0.05, 0.1) is 17.6 Å². The predicted octanol–water partition coefficient (Wildman–Crippen LogP) is 4.02. The third kappa shape index (κ3) is 5.42. The summed E-state index contributed by atoms with van der Waals surface area (Å²) in [7, 11) is -4.00. The van der Waals surface area contributed by atoms with Gasteiger partial charge in [-0.3, -0.25) is 4.79 Å². The summed E-state index contributed by atoms with van der Waals surface area (Å²) in [5.41, 5.74) is 0.702. The second kappa shape index (κ2) is 9.01. The SMILES string of the molecule is CCN(CC(=O)N[C@@H](C)c1ccc(F)cc1)S(=O)(=O)c1cc(Cl)ccc1Cl. The molecule has 2 aromatic carbocycles. The number of likely N-dealkylation sites (N-methyl/N-ethyl adjacent to an activating group) is 1. The van der Waals surface area contributed by atoms with Crippen molar-refractivity contribution in [2.24, 2.45) is 0 Å². The van der Waals surface area contributed by atoms with E-state index in [0.29, 0.717) is 5.56 Å². The van der Waals surface area contributed by atoms with Crippen LogP contribution in [-0.2, 0) is 14.8 Å². The molecule has 1 N–H and O–H groups in total. The average molecular weight is 433 g/mol. The molecular formula is C18H19Cl2FN2O3S. The van der Waals surface area contributed by atoms with Gasteiger partial charge in [0, 0.05) is 11.6 Å². The summed E-state index contributed by atoms with van der Waals surface area (Å²) >= 11 is 11.9. The molecule has 2 rings (SSSR count). The van der Waals surface area contributed by atoms with Crippen LogP contribution in [0.15, 0.2) is 47.4 Å². The van der Waals surface area contributed by atoms with Crippen molar-refractivity contribution in [1.82, 2.24) is 9.62 Å². The van der Waals surface area contributed by atoms with E-state index < -0.39 is 22.0 Å². The third-order valence-corrected chi connectivity index (χ3v) is 6.57. The number of rotatable bonds is 7. The van der Waals surface area contributed by atoms with E-state index in [1.54, 1.807) is 26.0 Å². The maximum atomic E-state index is 13.0. The average Bonchev–Trinajstić information content (AvgIpc) is 2.61. The van der Waals surface area contributed by atoms with Crippen LogP contribution < -0.4 is 5.32 Å². The molecule has 146 valence electrons. The van der Waals surface area contributed by atoms with Crippen LogP contribution >= 0.6 is 23.2 Å². The Kier molecular flexibility index (Phi) is 7.22. The lowest BCUT2D eigenvalue weighted by atomic mass is 10.1. The summed E-state index contributed by atoms with van der Waals surface area (Å²) in [6.07, 6.45) is 0. The van der Waals surface area contributed by atoms with Gasteiger partial charge in [0.2, 0.25) is 15.9 Å². The molecular weight excluding hydrogens is 414 g/mol. The zero-order valence-electron chi connectivity index (χ0n) is 14.7. The van der Waals surface area contributed by atoms with Gasteiger partial charge < -0.3 is 5.32 Å². The molecule has 0 aliphatic carbocycles. The molecule has 0 saturated heterocycles. The first-order chi connectivity index (χ1) is 12.6. The van der Waals surface area contributed by atoms with E-state index in [0.717, 1.165) is 4.31 Å². The Morgan fingerprint density at radius 2 is 1.81 bits per heavy atom. The standard InChI is InChI=1S/C18H19Cl2FN2O3S/c1-3-23(27(25,26)17-10-14(19)6-9-16(17)20)11-18(24)22-12(2)13-4-7-15(21)8-5-13/h4-10,12H,3,11H2,1-2H3,(H,22,24)/t12-/m0/s1. The Bertz CT molecular complexity index is 921. The van der Waals surface area contributed by atoms with Gasteiger partial charge >= 0.3 is 0 Å². The summed E-state index contributed by atoms with van der Waals surface area (Å²) in [5.74, 6) is -0.866. The Balaban J connectivity index is 2.14. The van der Waals surface area contributed by atoms with E-state index in [1.165, 1.54) is 30.3 Å². The van der Waals surface area contributed by atoms with Crippen LogP contribution in [0.2, 0.25) is 10.0 Å². The normalized spacial score (nSPS) is 12.8. The molecule has 0 aromatic heterocycles. The van der Waals surface area contributed by atoms with Crippen LogP contribution in [0.4, 0.5) is 4.39 Å². The molecule has 0 saturated carbocycles. The molecule has 1 atom stereocenters. The number of benzene rings is 2. The first kappa shape index (κ1) is 21.6. The Hall–Kier alpha value is -1.67. The zero-order chi connectivity index (χ0) is 20.2. The number of halogens is 3. The van der Waals surface area contributed by atoms with Crippen molar-refractivity contribution in [3.63, 3.8) is 0 Å². The van der Waals surface area contributed by atoms with Crippen LogP contribution in [0.1, 0.15) is 25.5 Å². The van der Waals surface area contributed by atoms with E-state index in [4.69, 9.17) is 23.2 Å². The Morgan fingerprint density at radius 3 is 2.41 bits per heavy atom. The molecule has 1 amide bonds. The van der Waals surface area contributed by atoms with Crippen LogP contribution in [0.25, 0.3) is 0 Å². The molecule has 0 spiro atoms. The van der Waals surface area contributed by atoms with Crippen molar-refractivity contribution in [2.45, 2.75) is 24.8 Å². The van der Waals surface area contributed by atoms with Crippen molar-refractivity contribution < 1.29 is 17.6 Å². The lowest BCUT2D eigenvalue weighted by Crippen LogP contribution is -2.41. The fraction of sp³-hybridized carbons (Fsp3) is 0.278. The lowest BCUT2D eigenvalue weighted by molar-refractivity contribution is -0.121. The van der Waals surface area contributed by atoms with Gasteiger partial charge in [-0.2, -0.15) is 4.31 Å². The van der Waals surface area contributed by atoms with Crippen molar-refractivity contribution in [3.05, 3.63) is 63.9 Å². The number of carbonyl (C=O) groups excluding carboxylic acids is 1. The number of carbonyl (C=O) groups is 1. The topological polar surface area (TPSA) is 66.5 Å². The number of amides is 1. The van der Waals surface area contributed by atoms with Gasteiger partial charge in [0.15, 0.2) is 0 Å². The zero-order valence-corrected chi connectivity index (χ0v) is 17.1. The minimum atomic E-state index is -4.00. The maximum Gasteiger partial charge on any atom is 0.245 e. The van der Waals surface area contributed by atoms with E-state index in [1.807, 2.05) is 0 Å². The molecule has 5 nitrogen and oxygen atoms in total. The summed E-state index contributed by atoms with van der Waals surface area (Å²) in [6, 6.07) is 9.41. The monoisotopic (exact) mass is 432 g/mol. The molecule has 0 aliphatic heterocycles. The van der Waals surface area contributed by atoms with E-state index in [2.05, 4.69) is 5.32 Å². The molecule has 0 radical (unpaired) electrons. The van der Waals surface area contributed by atoms with Crippen molar-refractivity contribution in [3.8, 4) is 0 Å². The smallest absolute Gasteiger partial charge is 0.245 e. The highest BCUT2D eigenvalue weighted by atomic mass is 35.5. The van der Waals surface area contributed by atoms with Crippen LogP contribution in [0.5, 0.6) is 0 Å². The predicted molar refractivity (Wildman–Crippen MR) is 104 cm³/mol. The minimum absolute atomic E-state index is 0.0259. The van der Waals surface area contributed by atoms with Gasteiger partial charge in [0.1, 0.15) is 10.7 Å². The number of nitrogens with one attached hydrogen (secondary N) is 1. The lowest BCUT2D eigenvalue weighted by Gasteiger charge is -2.22. The first-order valence-electron chi connectivity index (χ1n) is 8.15. The van der Waals surface area contributed by atoms with E-state index >= 15 is 0 Å². The highest BCUT2D eigenvalue weighted by Crippen LogP contribution is 2.27. The third-order valence-electron chi connectivity index (χ3n) is 3.93. The van der Waals surface area contributed by atoms with Crippen molar-refractivity contribution >= 4 is 39.1 Å². The molecule has 0 heterocycles. The van der Waals surface area contributed by atoms with E-state index in [9.17, 15) is 17.6 Å². The fourth-order valence-corrected chi connectivity index (χ4v) is 4.61. The van der Waals surface area contributed by atoms with Crippen molar-refractivity contribution in [1.29, 1.82) is 0 Å². The minimum Gasteiger partial charge on any atom is -0.348 e. The Morgan fingerprint density at radius 1 is 1.19 bits per heavy atom. The second-order valence-corrected chi connectivity index (χ2v) is 8.60. The van der Waals surface area contributed by atoms with Crippen molar-refractivity contribution in [2.75, 3.05) is 13.1 Å². The van der Waals surface area contributed by atoms with Crippen LogP contribution in [-0.4, -0.2) is 31.7 Å². The largest absolute Gasteiger partial charge is 0.348 e. The number of hydrogen-bond acceptors (Lipinski definition) is 3. The van der Waals surface area contributed by atoms with Gasteiger partial charge in [-0.15, -0.1) is 0 Å². The van der Waals surface area contributed by atoms with Gasteiger partial charge in [-0.1, -0.05) is 42.3 Å². The molecule has 0 unspecified atom stereocenters. The highest BCUT2D eigenvalue weighted by Gasteiger charge is 2.28. The first-order valence-corrected chi connectivity index (χ1v) is 10.3. The number of hydrogen-bond donors (Lipinski definition) is 1. The quantitative estimate of drug-likeness (QED) is 0.718. The fourth-order valence-electron chi connectivity index (χ4n) is 2.46. The summed E-state index contributed by atoms with van der Waals surface area (Å²) < 4.78 is 39.7. The molecule has 27 heavy (non-hydrogen) atoms. The number of nitrogens with zero attached hydrogens (tertiary/aromatic N) is 1. The van der Waals surface area contributed by atoms with Gasteiger partial charge in [-0.05, 0) is 42.8 Å². The molecule has 0 bridgehead atoms. The van der Waals surface area contributed by atoms with E-state index in [-0.39, 0.29) is 33.8 Å². The summed E-state index contributed by atoms with van der Waals surface area (Å²) in [6.45, 7) is 3.03. The summed E-state index contributed by atoms with van der Waals surface area (Å²) in [5, 5.41) is 2.95. The van der Waals surface area contributed by atoms with Crippen LogP contribution in [0.3, 0.4) is 0 Å². The highest BCUT2D eigenvalue weighted by molar-refractivity contribution is 7.89. The molecule has 2 aromatic rings. The summed E-state index contributed by atoms with van der Waals surface area (Å²) in [4.78, 5) is 12.2. The molecule has 0 aliphatic rings. The van der Waals surface area contributed by atoms with Gasteiger partial charge in [-0.25, -0.2) is 12.8 Å². The Labute approximate surface area is 168 Å². The second-order valence-electron chi connectivity index (χ2n) is 5.85. The molecule has 9 heteroatoms. The van der Waals surface area contributed by atoms with Crippen LogP contribution in [0, 0.1) is 5.82 Å². The van der Waals surface area contributed by atoms with Gasteiger partial charge in [0.25, 0.3) is 0 Å². The number of sulfonamides is 1. The maximum absolute atomic E-state index is 13.0.